The van der Waals surface area contributed by atoms with Crippen LogP contribution in [0.5, 0.6) is 11.5 Å². The first-order valence-corrected chi connectivity index (χ1v) is 7.49. The molecule has 2 N–H and O–H groups in total. The average molecular weight is 292 g/mol. The van der Waals surface area contributed by atoms with E-state index in [1.54, 1.807) is 7.11 Å². The van der Waals surface area contributed by atoms with Gasteiger partial charge in [0.1, 0.15) is 6.10 Å². The summed E-state index contributed by atoms with van der Waals surface area (Å²) in [6, 6.07) is 7.84. The molecule has 0 saturated carbocycles. The molecule has 0 aromatic heterocycles. The lowest BCUT2D eigenvalue weighted by Gasteiger charge is -2.18. The van der Waals surface area contributed by atoms with Crippen molar-refractivity contribution in [3.63, 3.8) is 0 Å². The number of para-hydroxylation sites is 2. The summed E-state index contributed by atoms with van der Waals surface area (Å²) in [6.07, 6.45) is 2.68. The van der Waals surface area contributed by atoms with Gasteiger partial charge in [0.2, 0.25) is 5.91 Å². The third-order valence-corrected chi connectivity index (χ3v) is 3.58. The molecule has 0 spiro atoms. The molecule has 2 rings (SSSR count). The van der Waals surface area contributed by atoms with Gasteiger partial charge in [-0.1, -0.05) is 12.1 Å². The molecule has 1 saturated heterocycles. The molecular formula is C16H24N2O3. The molecule has 1 aromatic rings. The number of carbonyl (C=O) groups is 1. The summed E-state index contributed by atoms with van der Waals surface area (Å²) in [5.74, 6) is 1.47. The number of rotatable bonds is 7. The molecule has 0 bridgehead atoms. The highest BCUT2D eigenvalue weighted by atomic mass is 16.5. The Morgan fingerprint density at radius 3 is 2.86 bits per heavy atom. The molecule has 5 heteroatoms. The molecule has 0 aliphatic carbocycles. The summed E-state index contributed by atoms with van der Waals surface area (Å²) in [7, 11) is 1.61. The second-order valence-corrected chi connectivity index (χ2v) is 5.38. The lowest BCUT2D eigenvalue weighted by molar-refractivity contribution is -0.121. The van der Waals surface area contributed by atoms with Crippen LogP contribution in [0.2, 0.25) is 0 Å². The predicted molar refractivity (Wildman–Crippen MR) is 81.7 cm³/mol. The minimum Gasteiger partial charge on any atom is -0.493 e. The Balaban J connectivity index is 1.73. The zero-order valence-electron chi connectivity index (χ0n) is 12.7. The maximum atomic E-state index is 11.8. The van der Waals surface area contributed by atoms with Crippen LogP contribution in [0, 0.1) is 0 Å². The van der Waals surface area contributed by atoms with Crippen LogP contribution in [-0.4, -0.2) is 38.3 Å². The van der Waals surface area contributed by atoms with E-state index in [1.165, 1.54) is 0 Å². The topological polar surface area (TPSA) is 59.6 Å². The summed E-state index contributed by atoms with van der Waals surface area (Å²) in [4.78, 5) is 11.8. The van der Waals surface area contributed by atoms with Crippen LogP contribution in [0.15, 0.2) is 24.3 Å². The molecule has 0 radical (unpaired) electrons. The van der Waals surface area contributed by atoms with Gasteiger partial charge in [0.15, 0.2) is 11.5 Å². The van der Waals surface area contributed by atoms with Crippen LogP contribution < -0.4 is 20.1 Å². The Morgan fingerprint density at radius 2 is 2.19 bits per heavy atom. The minimum atomic E-state index is -0.109. The van der Waals surface area contributed by atoms with Gasteiger partial charge >= 0.3 is 0 Å². The highest BCUT2D eigenvalue weighted by molar-refractivity contribution is 5.76. The summed E-state index contributed by atoms with van der Waals surface area (Å²) in [5.41, 5.74) is 0. The van der Waals surface area contributed by atoms with Crippen LogP contribution >= 0.6 is 0 Å². The van der Waals surface area contributed by atoms with Gasteiger partial charge in [0.05, 0.1) is 13.7 Å². The molecule has 1 fully saturated rings. The van der Waals surface area contributed by atoms with Crippen molar-refractivity contribution in [2.24, 2.45) is 0 Å². The van der Waals surface area contributed by atoms with Crippen molar-refractivity contribution in [3.8, 4) is 11.5 Å². The van der Waals surface area contributed by atoms with E-state index in [1.807, 2.05) is 31.2 Å². The Kier molecular flexibility index (Phi) is 5.87. The van der Waals surface area contributed by atoms with Crippen molar-refractivity contribution in [1.29, 1.82) is 0 Å². The zero-order valence-corrected chi connectivity index (χ0v) is 12.7. The van der Waals surface area contributed by atoms with Crippen molar-refractivity contribution in [2.45, 2.75) is 38.3 Å². The minimum absolute atomic E-state index is 0.0740. The SMILES string of the molecule is COc1ccccc1OC(C)CNC(=O)CC1CCCN1. The first-order chi connectivity index (χ1) is 10.2. The van der Waals surface area contributed by atoms with E-state index in [2.05, 4.69) is 10.6 Å². The molecule has 1 aliphatic heterocycles. The standard InChI is InChI=1S/C16H24N2O3/c1-12(21-15-8-4-3-7-14(15)20-2)11-18-16(19)10-13-6-5-9-17-13/h3-4,7-8,12-13,17H,5-6,9-11H2,1-2H3,(H,18,19). The van der Waals surface area contributed by atoms with E-state index in [0.717, 1.165) is 19.4 Å². The quantitative estimate of drug-likeness (QED) is 0.803. The largest absolute Gasteiger partial charge is 0.493 e. The van der Waals surface area contributed by atoms with Gasteiger partial charge in [-0.2, -0.15) is 0 Å². The van der Waals surface area contributed by atoms with Crippen molar-refractivity contribution < 1.29 is 14.3 Å². The lowest BCUT2D eigenvalue weighted by atomic mass is 10.1. The molecule has 1 amide bonds. The molecule has 1 aromatic carbocycles. The molecule has 5 nitrogen and oxygen atoms in total. The predicted octanol–water partition coefficient (Wildman–Crippen LogP) is 1.72. The number of nitrogens with one attached hydrogen (secondary N) is 2. The maximum absolute atomic E-state index is 11.8. The van der Waals surface area contributed by atoms with E-state index in [-0.39, 0.29) is 12.0 Å². The Bertz CT molecular complexity index is 459. The average Bonchev–Trinajstić information content (AvgIpc) is 2.98. The Morgan fingerprint density at radius 1 is 1.43 bits per heavy atom. The summed E-state index contributed by atoms with van der Waals surface area (Å²) in [5, 5.41) is 6.24. The lowest BCUT2D eigenvalue weighted by Crippen LogP contribution is -2.37. The highest BCUT2D eigenvalue weighted by Crippen LogP contribution is 2.26. The number of hydrogen-bond acceptors (Lipinski definition) is 4. The highest BCUT2D eigenvalue weighted by Gasteiger charge is 2.18. The van der Waals surface area contributed by atoms with Crippen LogP contribution in [0.1, 0.15) is 26.2 Å². The fraction of sp³-hybridized carbons (Fsp3) is 0.562. The van der Waals surface area contributed by atoms with E-state index in [0.29, 0.717) is 30.5 Å². The summed E-state index contributed by atoms with van der Waals surface area (Å²) < 4.78 is 11.0. The number of methoxy groups -OCH3 is 1. The summed E-state index contributed by atoms with van der Waals surface area (Å²) >= 11 is 0. The summed E-state index contributed by atoms with van der Waals surface area (Å²) in [6.45, 7) is 3.44. The first kappa shape index (κ1) is 15.6. The van der Waals surface area contributed by atoms with Crippen molar-refractivity contribution in [3.05, 3.63) is 24.3 Å². The smallest absolute Gasteiger partial charge is 0.221 e. The van der Waals surface area contributed by atoms with Gasteiger partial charge in [0.25, 0.3) is 0 Å². The van der Waals surface area contributed by atoms with E-state index in [4.69, 9.17) is 9.47 Å². The molecule has 2 atom stereocenters. The van der Waals surface area contributed by atoms with Gasteiger partial charge in [-0.15, -0.1) is 0 Å². The van der Waals surface area contributed by atoms with Gasteiger partial charge < -0.3 is 20.1 Å². The molecule has 1 aliphatic rings. The van der Waals surface area contributed by atoms with Gasteiger partial charge in [-0.25, -0.2) is 0 Å². The molecule has 2 unspecified atom stereocenters. The van der Waals surface area contributed by atoms with Gasteiger partial charge in [0, 0.05) is 12.5 Å². The number of carbonyl (C=O) groups excluding carboxylic acids is 1. The normalized spacial score (nSPS) is 19.0. The van der Waals surface area contributed by atoms with Crippen molar-refractivity contribution in [1.82, 2.24) is 10.6 Å². The number of amides is 1. The van der Waals surface area contributed by atoms with Gasteiger partial charge in [-0.05, 0) is 38.4 Å². The van der Waals surface area contributed by atoms with Crippen LogP contribution in [0.3, 0.4) is 0 Å². The number of hydrogen-bond donors (Lipinski definition) is 2. The number of ether oxygens (including phenoxy) is 2. The second-order valence-electron chi connectivity index (χ2n) is 5.38. The van der Waals surface area contributed by atoms with E-state index < -0.39 is 0 Å². The number of benzene rings is 1. The third-order valence-electron chi connectivity index (χ3n) is 3.58. The molecule has 116 valence electrons. The third kappa shape index (κ3) is 4.93. The van der Waals surface area contributed by atoms with Crippen LogP contribution in [0.4, 0.5) is 0 Å². The maximum Gasteiger partial charge on any atom is 0.221 e. The Hall–Kier alpha value is -1.75. The van der Waals surface area contributed by atoms with E-state index >= 15 is 0 Å². The van der Waals surface area contributed by atoms with Gasteiger partial charge in [-0.3, -0.25) is 4.79 Å². The monoisotopic (exact) mass is 292 g/mol. The van der Waals surface area contributed by atoms with Crippen LogP contribution in [0.25, 0.3) is 0 Å². The Labute approximate surface area is 126 Å². The zero-order chi connectivity index (χ0) is 15.1. The molecular weight excluding hydrogens is 268 g/mol. The first-order valence-electron chi connectivity index (χ1n) is 7.49. The van der Waals surface area contributed by atoms with Crippen LogP contribution in [-0.2, 0) is 4.79 Å². The molecule has 21 heavy (non-hydrogen) atoms. The van der Waals surface area contributed by atoms with E-state index in [9.17, 15) is 4.79 Å². The second kappa shape index (κ2) is 7.88. The van der Waals surface area contributed by atoms with Crippen molar-refractivity contribution in [2.75, 3.05) is 20.2 Å². The van der Waals surface area contributed by atoms with Crippen molar-refractivity contribution >= 4 is 5.91 Å². The fourth-order valence-corrected chi connectivity index (χ4v) is 2.46. The fourth-order valence-electron chi connectivity index (χ4n) is 2.46. The molecule has 1 heterocycles.